The van der Waals surface area contributed by atoms with Crippen molar-refractivity contribution in [3.05, 3.63) is 54.1 Å². The van der Waals surface area contributed by atoms with E-state index in [1.165, 1.54) is 159 Å². The number of unbranched alkanes of at least 4 members (excludes halogenated alkanes) is 19. The molecule has 0 saturated heterocycles. The van der Waals surface area contributed by atoms with Crippen LogP contribution in [-0.2, 0) is 19.5 Å². The van der Waals surface area contributed by atoms with Gasteiger partial charge in [-0.3, -0.25) is 0 Å². The minimum atomic E-state index is 0.999. The second-order valence-corrected chi connectivity index (χ2v) is 11.5. The van der Waals surface area contributed by atoms with Gasteiger partial charge >= 0.3 is 0 Å². The first-order chi connectivity index (χ1) is 18.3. The third-order valence-electron chi connectivity index (χ3n) is 8.04. The van der Waals surface area contributed by atoms with Crippen LogP contribution in [0.25, 0.3) is 0 Å². The number of nitrogens with zero attached hydrogens (tertiary/aromatic N) is 2. The number of rotatable bonds is 25. The summed E-state index contributed by atoms with van der Waals surface area (Å²) in [4.78, 5) is 0. The Morgan fingerprint density at radius 3 is 1.51 bits per heavy atom. The fourth-order valence-electron chi connectivity index (χ4n) is 5.63. The molecular weight excluding hydrogens is 448 g/mol. The second kappa shape index (κ2) is 22.4. The summed E-state index contributed by atoms with van der Waals surface area (Å²) in [6.45, 7) is 6.79. The zero-order chi connectivity index (χ0) is 26.2. The Morgan fingerprint density at radius 1 is 0.541 bits per heavy atom. The summed E-state index contributed by atoms with van der Waals surface area (Å²) >= 11 is 0. The van der Waals surface area contributed by atoms with Crippen LogP contribution in [0.2, 0.25) is 0 Å². The topological polar surface area (TPSA) is 8.81 Å². The summed E-state index contributed by atoms with van der Waals surface area (Å²) < 4.78 is 5.09. The molecule has 0 amide bonds. The van der Waals surface area contributed by atoms with Crippen LogP contribution in [0.1, 0.15) is 160 Å². The molecule has 0 atom stereocenters. The number of aromatic nitrogens is 2. The first-order valence-corrected chi connectivity index (χ1v) is 16.5. The molecule has 0 aliphatic carbocycles. The van der Waals surface area contributed by atoms with Gasteiger partial charge in [0.05, 0.1) is 6.54 Å². The van der Waals surface area contributed by atoms with E-state index in [9.17, 15) is 0 Å². The van der Waals surface area contributed by atoms with Gasteiger partial charge < -0.3 is 0 Å². The van der Waals surface area contributed by atoms with E-state index >= 15 is 0 Å². The Balaban J connectivity index is 1.69. The Labute approximate surface area is 231 Å². The molecule has 1 aromatic carbocycles. The number of hydrogen-bond donors (Lipinski definition) is 0. The van der Waals surface area contributed by atoms with Crippen molar-refractivity contribution in [3.63, 3.8) is 0 Å². The SMILES string of the molecule is CCCCCCCCCCCCC[n+]1ccn(Cc2ccccc2)c1CCCCCCCCCCCC. The molecule has 2 rings (SSSR count). The van der Waals surface area contributed by atoms with Gasteiger partial charge in [0.15, 0.2) is 0 Å². The largest absolute Gasteiger partial charge is 0.256 e. The van der Waals surface area contributed by atoms with Crippen molar-refractivity contribution in [3.8, 4) is 0 Å². The molecule has 1 aromatic heterocycles. The molecule has 0 bridgehead atoms. The summed E-state index contributed by atoms with van der Waals surface area (Å²) in [5, 5.41) is 0. The third kappa shape index (κ3) is 15.4. The highest BCUT2D eigenvalue weighted by atomic mass is 15.1. The van der Waals surface area contributed by atoms with Crippen LogP contribution in [0.4, 0.5) is 0 Å². The van der Waals surface area contributed by atoms with Gasteiger partial charge in [-0.2, -0.15) is 0 Å². The number of hydrogen-bond acceptors (Lipinski definition) is 0. The molecule has 0 aliphatic rings. The average Bonchev–Trinajstić information content (AvgIpc) is 3.29. The predicted molar refractivity (Wildman–Crippen MR) is 162 cm³/mol. The highest BCUT2D eigenvalue weighted by Gasteiger charge is 2.17. The molecule has 0 radical (unpaired) electrons. The zero-order valence-corrected chi connectivity index (χ0v) is 24.9. The van der Waals surface area contributed by atoms with Gasteiger partial charge in [-0.25, -0.2) is 9.13 Å². The van der Waals surface area contributed by atoms with Crippen LogP contribution in [0.15, 0.2) is 42.7 Å². The van der Waals surface area contributed by atoms with E-state index in [1.54, 1.807) is 0 Å². The maximum atomic E-state index is 2.57. The Kier molecular flexibility index (Phi) is 19.2. The minimum Gasteiger partial charge on any atom is -0.234 e. The summed E-state index contributed by atoms with van der Waals surface area (Å²) in [6.07, 6.45) is 35.5. The molecule has 2 heteroatoms. The maximum absolute atomic E-state index is 2.57. The van der Waals surface area contributed by atoms with Crippen molar-refractivity contribution in [1.29, 1.82) is 0 Å². The number of benzene rings is 1. The van der Waals surface area contributed by atoms with E-state index in [1.807, 2.05) is 0 Å². The van der Waals surface area contributed by atoms with Gasteiger partial charge in [-0.05, 0) is 24.8 Å². The molecule has 0 spiro atoms. The molecule has 0 saturated carbocycles. The van der Waals surface area contributed by atoms with E-state index in [0.717, 1.165) is 6.54 Å². The Morgan fingerprint density at radius 2 is 1.00 bits per heavy atom. The Bertz CT molecular complexity index is 748. The van der Waals surface area contributed by atoms with Crippen molar-refractivity contribution in [2.45, 2.75) is 168 Å². The molecular formula is C35H61N2+. The highest BCUT2D eigenvalue weighted by molar-refractivity contribution is 5.15. The van der Waals surface area contributed by atoms with Crippen LogP contribution < -0.4 is 4.57 Å². The fraction of sp³-hybridized carbons (Fsp3) is 0.743. The van der Waals surface area contributed by atoms with Crippen LogP contribution in [-0.4, -0.2) is 4.57 Å². The van der Waals surface area contributed by atoms with Gasteiger partial charge in [0.2, 0.25) is 0 Å². The van der Waals surface area contributed by atoms with E-state index in [-0.39, 0.29) is 0 Å². The van der Waals surface area contributed by atoms with Crippen LogP contribution in [0.5, 0.6) is 0 Å². The van der Waals surface area contributed by atoms with E-state index in [4.69, 9.17) is 0 Å². The van der Waals surface area contributed by atoms with Gasteiger partial charge in [0, 0.05) is 6.42 Å². The van der Waals surface area contributed by atoms with Crippen molar-refractivity contribution in [1.82, 2.24) is 4.57 Å². The molecule has 0 aliphatic heterocycles. The van der Waals surface area contributed by atoms with Crippen molar-refractivity contribution in [2.75, 3.05) is 0 Å². The summed E-state index contributed by atoms with van der Waals surface area (Å²) in [6, 6.07) is 11.0. The fourth-order valence-corrected chi connectivity index (χ4v) is 5.63. The average molecular weight is 510 g/mol. The molecule has 0 fully saturated rings. The summed E-state index contributed by atoms with van der Waals surface area (Å²) in [5.74, 6) is 1.54. The molecule has 0 unspecified atom stereocenters. The summed E-state index contributed by atoms with van der Waals surface area (Å²) in [5.41, 5.74) is 1.41. The molecule has 2 aromatic rings. The van der Waals surface area contributed by atoms with Crippen molar-refractivity contribution >= 4 is 0 Å². The molecule has 210 valence electrons. The Hall–Kier alpha value is -1.57. The molecule has 37 heavy (non-hydrogen) atoms. The lowest BCUT2D eigenvalue weighted by molar-refractivity contribution is -0.704. The van der Waals surface area contributed by atoms with Gasteiger partial charge in [-0.15, -0.1) is 0 Å². The first-order valence-electron chi connectivity index (χ1n) is 16.5. The quantitative estimate of drug-likeness (QED) is 0.0929. The highest BCUT2D eigenvalue weighted by Crippen LogP contribution is 2.14. The molecule has 2 nitrogen and oxygen atoms in total. The van der Waals surface area contributed by atoms with Crippen LogP contribution in [0.3, 0.4) is 0 Å². The molecule has 1 heterocycles. The van der Waals surface area contributed by atoms with Crippen LogP contribution >= 0.6 is 0 Å². The normalized spacial score (nSPS) is 11.4. The van der Waals surface area contributed by atoms with Crippen molar-refractivity contribution < 1.29 is 4.57 Å². The standard InChI is InChI=1S/C35H61N2/c1-3-5-7-9-11-13-15-17-19-21-26-30-36-31-32-37(33-34-27-23-22-24-28-34)35(36)29-25-20-18-16-14-12-10-8-6-4-2/h22-24,27-28,31-32H,3-21,25-26,29-30,33H2,1-2H3/q+1. The lowest BCUT2D eigenvalue weighted by atomic mass is 10.1. The van der Waals surface area contributed by atoms with E-state index < -0.39 is 0 Å². The monoisotopic (exact) mass is 509 g/mol. The smallest absolute Gasteiger partial charge is 0.234 e. The molecule has 0 N–H and O–H groups in total. The maximum Gasteiger partial charge on any atom is 0.256 e. The van der Waals surface area contributed by atoms with E-state index in [0.29, 0.717) is 0 Å². The van der Waals surface area contributed by atoms with Gasteiger partial charge in [0.1, 0.15) is 18.9 Å². The number of aryl methyl sites for hydroxylation is 1. The third-order valence-corrected chi connectivity index (χ3v) is 8.04. The lowest BCUT2D eigenvalue weighted by Gasteiger charge is -2.07. The van der Waals surface area contributed by atoms with E-state index in [2.05, 4.69) is 65.7 Å². The second-order valence-electron chi connectivity index (χ2n) is 11.5. The summed E-state index contributed by atoms with van der Waals surface area (Å²) in [7, 11) is 0. The minimum absolute atomic E-state index is 0.999. The van der Waals surface area contributed by atoms with Gasteiger partial charge in [0.25, 0.3) is 5.82 Å². The lowest BCUT2D eigenvalue weighted by Crippen LogP contribution is -2.37. The number of imidazole rings is 1. The van der Waals surface area contributed by atoms with Gasteiger partial charge in [-0.1, -0.05) is 160 Å². The predicted octanol–water partition coefficient (Wildman–Crippen LogP) is 10.6. The zero-order valence-electron chi connectivity index (χ0n) is 24.9. The van der Waals surface area contributed by atoms with Crippen molar-refractivity contribution in [2.24, 2.45) is 0 Å². The van der Waals surface area contributed by atoms with Crippen LogP contribution in [0, 0.1) is 0 Å². The first kappa shape index (κ1) is 31.6.